The summed E-state index contributed by atoms with van der Waals surface area (Å²) in [5, 5.41) is 0. The zero-order valence-corrected chi connectivity index (χ0v) is 9.48. The highest BCUT2D eigenvalue weighted by Gasteiger charge is 2.16. The second-order valence-corrected chi connectivity index (χ2v) is 3.90. The molecule has 88 valence electrons. The van der Waals surface area contributed by atoms with Gasteiger partial charge in [0.25, 0.3) is 0 Å². The largest absolute Gasteiger partial charge is 0.460 e. The van der Waals surface area contributed by atoms with Crippen molar-refractivity contribution in [1.29, 1.82) is 0 Å². The van der Waals surface area contributed by atoms with Gasteiger partial charge in [-0.1, -0.05) is 0 Å². The average molecular weight is 223 g/mol. The van der Waals surface area contributed by atoms with Gasteiger partial charge in [-0.25, -0.2) is 9.97 Å². The van der Waals surface area contributed by atoms with Gasteiger partial charge in [0.2, 0.25) is 0 Å². The molecule has 16 heavy (non-hydrogen) atoms. The van der Waals surface area contributed by atoms with Crippen molar-refractivity contribution < 1.29 is 9.47 Å². The van der Waals surface area contributed by atoms with Crippen LogP contribution in [0.15, 0.2) is 6.20 Å². The zero-order chi connectivity index (χ0) is 11.4. The van der Waals surface area contributed by atoms with E-state index in [0.717, 1.165) is 37.3 Å². The van der Waals surface area contributed by atoms with E-state index >= 15 is 0 Å². The van der Waals surface area contributed by atoms with Crippen LogP contribution < -0.4 is 10.5 Å². The molecule has 0 saturated carbocycles. The highest BCUT2D eigenvalue weighted by Crippen LogP contribution is 2.15. The van der Waals surface area contributed by atoms with Gasteiger partial charge in [0.1, 0.15) is 6.10 Å². The molecule has 0 aliphatic carbocycles. The van der Waals surface area contributed by atoms with Gasteiger partial charge in [-0.05, 0) is 6.92 Å². The van der Waals surface area contributed by atoms with Gasteiger partial charge in [0, 0.05) is 36.8 Å². The number of rotatable bonds is 3. The molecule has 2 rings (SSSR count). The van der Waals surface area contributed by atoms with E-state index in [-0.39, 0.29) is 6.10 Å². The highest BCUT2D eigenvalue weighted by atomic mass is 16.5. The summed E-state index contributed by atoms with van der Waals surface area (Å²) in [4.78, 5) is 8.43. The lowest BCUT2D eigenvalue weighted by molar-refractivity contribution is 0.0216. The van der Waals surface area contributed by atoms with Crippen molar-refractivity contribution in [3.05, 3.63) is 17.5 Å². The molecule has 5 nitrogen and oxygen atoms in total. The monoisotopic (exact) mass is 223 g/mol. The summed E-state index contributed by atoms with van der Waals surface area (Å²) in [6, 6.07) is 0.446. The van der Waals surface area contributed by atoms with E-state index in [1.807, 2.05) is 6.92 Å². The Bertz CT molecular complexity index is 351. The van der Waals surface area contributed by atoms with Crippen molar-refractivity contribution in [1.82, 2.24) is 9.97 Å². The standard InChI is InChI=1S/C11H17N3O2/c1-8-9(6-12)7-13-11(14-8)16-10-2-4-15-5-3-10/h7,10H,2-6,12H2,1H3. The fourth-order valence-corrected chi connectivity index (χ4v) is 1.67. The summed E-state index contributed by atoms with van der Waals surface area (Å²) >= 11 is 0. The van der Waals surface area contributed by atoms with Crippen molar-refractivity contribution in [3.8, 4) is 6.01 Å². The maximum absolute atomic E-state index is 5.69. The normalized spacial score (nSPS) is 17.4. The first-order chi connectivity index (χ1) is 7.79. The van der Waals surface area contributed by atoms with Crippen molar-refractivity contribution in [3.63, 3.8) is 0 Å². The Hall–Kier alpha value is -1.20. The third-order valence-corrected chi connectivity index (χ3v) is 2.72. The number of hydrogen-bond donors (Lipinski definition) is 1. The number of nitrogens with two attached hydrogens (primary N) is 1. The van der Waals surface area contributed by atoms with Crippen molar-refractivity contribution in [2.75, 3.05) is 13.2 Å². The maximum Gasteiger partial charge on any atom is 0.316 e. The minimum absolute atomic E-state index is 0.178. The van der Waals surface area contributed by atoms with E-state index in [9.17, 15) is 0 Å². The van der Waals surface area contributed by atoms with E-state index in [0.29, 0.717) is 12.6 Å². The molecular formula is C11H17N3O2. The summed E-state index contributed by atoms with van der Waals surface area (Å²) in [5.41, 5.74) is 7.39. The average Bonchev–Trinajstić information content (AvgIpc) is 2.31. The predicted octanol–water partition coefficient (Wildman–Crippen LogP) is 0.802. The number of ether oxygens (including phenoxy) is 2. The van der Waals surface area contributed by atoms with Gasteiger partial charge in [-0.3, -0.25) is 0 Å². The Kier molecular flexibility index (Phi) is 3.69. The molecule has 0 radical (unpaired) electrons. The SMILES string of the molecule is Cc1nc(OC2CCOCC2)ncc1CN. The van der Waals surface area contributed by atoms with E-state index in [1.54, 1.807) is 6.20 Å². The molecule has 0 spiro atoms. The molecule has 0 aromatic carbocycles. The Morgan fingerprint density at radius 1 is 1.50 bits per heavy atom. The van der Waals surface area contributed by atoms with E-state index in [4.69, 9.17) is 15.2 Å². The van der Waals surface area contributed by atoms with Crippen molar-refractivity contribution >= 4 is 0 Å². The van der Waals surface area contributed by atoms with Crippen LogP contribution in [0.4, 0.5) is 0 Å². The lowest BCUT2D eigenvalue weighted by atomic mass is 10.2. The van der Waals surface area contributed by atoms with Crippen molar-refractivity contribution in [2.24, 2.45) is 5.73 Å². The summed E-state index contributed by atoms with van der Waals surface area (Å²) in [6.07, 6.45) is 3.72. The summed E-state index contributed by atoms with van der Waals surface area (Å²) in [6.45, 7) is 3.89. The molecule has 0 amide bonds. The molecule has 1 aliphatic rings. The van der Waals surface area contributed by atoms with Gasteiger partial charge in [0.15, 0.2) is 0 Å². The number of aryl methyl sites for hydroxylation is 1. The Balaban J connectivity index is 2.01. The fraction of sp³-hybridized carbons (Fsp3) is 0.636. The van der Waals surface area contributed by atoms with E-state index in [2.05, 4.69) is 9.97 Å². The van der Waals surface area contributed by atoms with Gasteiger partial charge in [-0.15, -0.1) is 0 Å². The minimum Gasteiger partial charge on any atom is -0.460 e. The smallest absolute Gasteiger partial charge is 0.316 e. The van der Waals surface area contributed by atoms with Crippen LogP contribution in [0, 0.1) is 6.92 Å². The molecule has 0 bridgehead atoms. The lowest BCUT2D eigenvalue weighted by Gasteiger charge is -2.22. The van der Waals surface area contributed by atoms with Crippen LogP contribution in [0.25, 0.3) is 0 Å². The summed E-state index contributed by atoms with van der Waals surface area (Å²) in [5.74, 6) is 0. The topological polar surface area (TPSA) is 70.3 Å². The first-order valence-electron chi connectivity index (χ1n) is 5.56. The molecule has 0 unspecified atom stereocenters. The number of nitrogens with zero attached hydrogens (tertiary/aromatic N) is 2. The van der Waals surface area contributed by atoms with Crippen LogP contribution in [0.2, 0.25) is 0 Å². The first kappa shape index (κ1) is 11.3. The van der Waals surface area contributed by atoms with Crippen LogP contribution in [0.3, 0.4) is 0 Å². The predicted molar refractivity (Wildman–Crippen MR) is 59.1 cm³/mol. The fourth-order valence-electron chi connectivity index (χ4n) is 1.67. The quantitative estimate of drug-likeness (QED) is 0.820. The molecule has 2 N–H and O–H groups in total. The van der Waals surface area contributed by atoms with Gasteiger partial charge >= 0.3 is 6.01 Å². The zero-order valence-electron chi connectivity index (χ0n) is 9.48. The molecule has 2 heterocycles. The summed E-state index contributed by atoms with van der Waals surface area (Å²) in [7, 11) is 0. The Labute approximate surface area is 95.0 Å². The van der Waals surface area contributed by atoms with Crippen LogP contribution in [0.5, 0.6) is 6.01 Å². The van der Waals surface area contributed by atoms with Crippen LogP contribution in [-0.4, -0.2) is 29.3 Å². The molecule has 1 aromatic rings. The summed E-state index contributed by atoms with van der Waals surface area (Å²) < 4.78 is 11.0. The second kappa shape index (κ2) is 5.23. The number of hydrogen-bond acceptors (Lipinski definition) is 5. The molecule has 1 saturated heterocycles. The lowest BCUT2D eigenvalue weighted by Crippen LogP contribution is -2.26. The van der Waals surface area contributed by atoms with Crippen molar-refractivity contribution in [2.45, 2.75) is 32.4 Å². The third kappa shape index (κ3) is 2.68. The van der Waals surface area contributed by atoms with Gasteiger partial charge in [-0.2, -0.15) is 0 Å². The molecule has 0 atom stereocenters. The first-order valence-corrected chi connectivity index (χ1v) is 5.56. The second-order valence-electron chi connectivity index (χ2n) is 3.90. The third-order valence-electron chi connectivity index (χ3n) is 2.72. The van der Waals surface area contributed by atoms with Gasteiger partial charge in [0.05, 0.1) is 13.2 Å². The Morgan fingerprint density at radius 3 is 2.88 bits per heavy atom. The van der Waals surface area contributed by atoms with E-state index < -0.39 is 0 Å². The molecule has 5 heteroatoms. The van der Waals surface area contributed by atoms with Gasteiger partial charge < -0.3 is 15.2 Å². The van der Waals surface area contributed by atoms with Crippen LogP contribution >= 0.6 is 0 Å². The van der Waals surface area contributed by atoms with Crippen LogP contribution in [-0.2, 0) is 11.3 Å². The van der Waals surface area contributed by atoms with E-state index in [1.165, 1.54) is 0 Å². The molecule has 1 aromatic heterocycles. The maximum atomic E-state index is 5.69. The number of aromatic nitrogens is 2. The molecular weight excluding hydrogens is 206 g/mol. The van der Waals surface area contributed by atoms with Crippen LogP contribution in [0.1, 0.15) is 24.1 Å². The molecule has 1 aliphatic heterocycles. The molecule has 1 fully saturated rings. The minimum atomic E-state index is 0.178. The highest BCUT2D eigenvalue weighted by molar-refractivity contribution is 5.17. The Morgan fingerprint density at radius 2 is 2.25 bits per heavy atom.